The topological polar surface area (TPSA) is 63.3 Å². The predicted octanol–water partition coefficient (Wildman–Crippen LogP) is 2.71. The highest BCUT2D eigenvalue weighted by Crippen LogP contribution is 2.24. The summed E-state index contributed by atoms with van der Waals surface area (Å²) in [5.41, 5.74) is 1.39. The zero-order valence-electron chi connectivity index (χ0n) is 12.9. The van der Waals surface area contributed by atoms with Crippen LogP contribution in [0.1, 0.15) is 10.7 Å². The molecule has 0 radical (unpaired) electrons. The standard InChI is InChI=1S/C17H14BrN3O2S/c1-21(8-10-6-7-13(18)24-10)9-14-19-15-11-4-2-3-5-12(11)23-16(15)17(22)20-14/h2-7H,8-9H2,1H3,(H,19,20,22)/p+1. The van der Waals surface area contributed by atoms with Crippen LogP contribution in [0.2, 0.25) is 0 Å². The van der Waals surface area contributed by atoms with E-state index in [4.69, 9.17) is 4.42 Å². The lowest BCUT2D eigenvalue weighted by atomic mass is 10.2. The number of nitrogens with zero attached hydrogens (tertiary/aromatic N) is 1. The first-order valence-electron chi connectivity index (χ1n) is 7.56. The minimum absolute atomic E-state index is 0.224. The second kappa shape index (κ2) is 6.16. The number of hydrogen-bond acceptors (Lipinski definition) is 4. The Morgan fingerprint density at radius 2 is 2.08 bits per heavy atom. The van der Waals surface area contributed by atoms with Crippen molar-refractivity contribution in [2.24, 2.45) is 0 Å². The maximum absolute atomic E-state index is 12.3. The summed E-state index contributed by atoms with van der Waals surface area (Å²) in [6.07, 6.45) is 0. The van der Waals surface area contributed by atoms with Crippen molar-refractivity contribution in [1.82, 2.24) is 9.97 Å². The Kier molecular flexibility index (Phi) is 3.99. The lowest BCUT2D eigenvalue weighted by Crippen LogP contribution is -3.06. The van der Waals surface area contributed by atoms with Crippen LogP contribution in [0.15, 0.2) is 49.4 Å². The van der Waals surface area contributed by atoms with Gasteiger partial charge in [-0.2, -0.15) is 0 Å². The van der Waals surface area contributed by atoms with Gasteiger partial charge in [0.2, 0.25) is 5.58 Å². The van der Waals surface area contributed by atoms with Gasteiger partial charge < -0.3 is 14.3 Å². The molecule has 0 aliphatic rings. The third kappa shape index (κ3) is 2.90. The van der Waals surface area contributed by atoms with E-state index in [1.165, 1.54) is 9.78 Å². The third-order valence-corrected chi connectivity index (χ3v) is 5.48. The van der Waals surface area contributed by atoms with Gasteiger partial charge in [0.1, 0.15) is 24.2 Å². The lowest BCUT2D eigenvalue weighted by Gasteiger charge is -2.12. The van der Waals surface area contributed by atoms with Crippen molar-refractivity contribution in [1.29, 1.82) is 0 Å². The van der Waals surface area contributed by atoms with Gasteiger partial charge in [-0.05, 0) is 40.2 Å². The van der Waals surface area contributed by atoms with Crippen molar-refractivity contribution >= 4 is 49.3 Å². The summed E-state index contributed by atoms with van der Waals surface area (Å²) in [6, 6.07) is 11.8. The Morgan fingerprint density at radius 3 is 2.88 bits per heavy atom. The first-order valence-corrected chi connectivity index (χ1v) is 9.17. The fourth-order valence-electron chi connectivity index (χ4n) is 2.82. The highest BCUT2D eigenvalue weighted by molar-refractivity contribution is 9.11. The SMILES string of the molecule is C[NH+](Cc1nc2c(oc3ccccc32)c(=O)[nH]1)Cc1ccc(Br)s1. The number of hydrogen-bond donors (Lipinski definition) is 2. The van der Waals surface area contributed by atoms with E-state index in [2.05, 4.69) is 45.1 Å². The molecular weight excluding hydrogens is 390 g/mol. The van der Waals surface area contributed by atoms with Crippen LogP contribution in [0.3, 0.4) is 0 Å². The minimum atomic E-state index is -0.224. The highest BCUT2D eigenvalue weighted by atomic mass is 79.9. The first-order chi connectivity index (χ1) is 11.6. The normalized spacial score (nSPS) is 12.9. The second-order valence-electron chi connectivity index (χ2n) is 5.81. The second-order valence-corrected chi connectivity index (χ2v) is 8.35. The van der Waals surface area contributed by atoms with Gasteiger partial charge in [0.05, 0.1) is 15.7 Å². The summed E-state index contributed by atoms with van der Waals surface area (Å²) >= 11 is 5.21. The summed E-state index contributed by atoms with van der Waals surface area (Å²) in [6.45, 7) is 1.52. The fourth-order valence-corrected chi connectivity index (χ4v) is 4.42. The molecule has 0 saturated carbocycles. The molecule has 2 N–H and O–H groups in total. The first kappa shape index (κ1) is 15.6. The molecule has 0 bridgehead atoms. The van der Waals surface area contributed by atoms with Crippen LogP contribution < -0.4 is 10.5 Å². The molecule has 0 fully saturated rings. The van der Waals surface area contributed by atoms with Crippen LogP contribution in [0.5, 0.6) is 0 Å². The maximum atomic E-state index is 12.3. The van der Waals surface area contributed by atoms with Crippen molar-refractivity contribution in [3.8, 4) is 0 Å². The fraction of sp³-hybridized carbons (Fsp3) is 0.176. The molecule has 1 unspecified atom stereocenters. The van der Waals surface area contributed by atoms with Crippen LogP contribution >= 0.6 is 27.3 Å². The lowest BCUT2D eigenvalue weighted by molar-refractivity contribution is -0.908. The number of halogens is 1. The summed E-state index contributed by atoms with van der Waals surface area (Å²) in [4.78, 5) is 22.3. The smallest absolute Gasteiger partial charge is 0.294 e. The molecule has 0 saturated heterocycles. The molecule has 122 valence electrons. The van der Waals surface area contributed by atoms with Gasteiger partial charge in [-0.1, -0.05) is 12.1 Å². The van der Waals surface area contributed by atoms with E-state index in [1.807, 2.05) is 24.3 Å². The zero-order chi connectivity index (χ0) is 16.7. The molecule has 4 rings (SSSR count). The van der Waals surface area contributed by atoms with Crippen LogP contribution in [0.25, 0.3) is 22.1 Å². The van der Waals surface area contributed by atoms with Gasteiger partial charge in [0.15, 0.2) is 5.82 Å². The maximum Gasteiger partial charge on any atom is 0.294 e. The summed E-state index contributed by atoms with van der Waals surface area (Å²) < 4.78 is 6.75. The summed E-state index contributed by atoms with van der Waals surface area (Å²) in [7, 11) is 2.09. The molecule has 1 atom stereocenters. The molecule has 1 aromatic carbocycles. The Balaban J connectivity index is 1.66. The number of nitrogens with one attached hydrogen (secondary N) is 2. The summed E-state index contributed by atoms with van der Waals surface area (Å²) in [5, 5.41) is 0.875. The number of furan rings is 1. The van der Waals surface area contributed by atoms with E-state index in [0.717, 1.165) is 15.7 Å². The molecule has 3 aromatic heterocycles. The minimum Gasteiger partial charge on any atom is -0.449 e. The quantitative estimate of drug-likeness (QED) is 0.549. The largest absolute Gasteiger partial charge is 0.449 e. The van der Waals surface area contributed by atoms with Gasteiger partial charge in [0, 0.05) is 5.39 Å². The van der Waals surface area contributed by atoms with Gasteiger partial charge in [-0.15, -0.1) is 11.3 Å². The number of quaternary nitrogens is 1. The van der Waals surface area contributed by atoms with Crippen molar-refractivity contribution < 1.29 is 9.32 Å². The molecule has 0 amide bonds. The Labute approximate surface area is 150 Å². The van der Waals surface area contributed by atoms with Crippen molar-refractivity contribution in [3.05, 3.63) is 61.2 Å². The predicted molar refractivity (Wildman–Crippen MR) is 98.4 cm³/mol. The Hall–Kier alpha value is -1.96. The highest BCUT2D eigenvalue weighted by Gasteiger charge is 2.15. The van der Waals surface area contributed by atoms with Gasteiger partial charge in [-0.3, -0.25) is 4.79 Å². The van der Waals surface area contributed by atoms with Gasteiger partial charge >= 0.3 is 0 Å². The van der Waals surface area contributed by atoms with Gasteiger partial charge in [0.25, 0.3) is 5.56 Å². The zero-order valence-corrected chi connectivity index (χ0v) is 15.3. The van der Waals surface area contributed by atoms with Crippen molar-refractivity contribution in [3.63, 3.8) is 0 Å². The van der Waals surface area contributed by atoms with E-state index < -0.39 is 0 Å². The number of rotatable bonds is 4. The number of H-pyrrole nitrogens is 1. The molecule has 5 nitrogen and oxygen atoms in total. The van der Waals surface area contributed by atoms with E-state index in [0.29, 0.717) is 29.1 Å². The van der Waals surface area contributed by atoms with Crippen LogP contribution in [0, 0.1) is 0 Å². The van der Waals surface area contributed by atoms with Crippen LogP contribution in [-0.4, -0.2) is 17.0 Å². The molecule has 3 heterocycles. The molecule has 24 heavy (non-hydrogen) atoms. The molecule has 0 aliphatic carbocycles. The van der Waals surface area contributed by atoms with Crippen LogP contribution in [0.4, 0.5) is 0 Å². The van der Waals surface area contributed by atoms with E-state index in [9.17, 15) is 4.79 Å². The average Bonchev–Trinajstić information content (AvgIpc) is 3.11. The van der Waals surface area contributed by atoms with Crippen LogP contribution in [-0.2, 0) is 13.1 Å². The number of fused-ring (bicyclic) bond motifs is 3. The molecule has 4 aromatic rings. The number of para-hydroxylation sites is 1. The summed E-state index contributed by atoms with van der Waals surface area (Å²) in [5.74, 6) is 0.673. The number of aromatic amines is 1. The monoisotopic (exact) mass is 404 g/mol. The van der Waals surface area contributed by atoms with Crippen molar-refractivity contribution in [2.45, 2.75) is 13.1 Å². The average molecular weight is 405 g/mol. The number of aromatic nitrogens is 2. The Bertz CT molecular complexity index is 1080. The van der Waals surface area contributed by atoms with Gasteiger partial charge in [-0.25, -0.2) is 4.98 Å². The number of benzene rings is 1. The van der Waals surface area contributed by atoms with E-state index >= 15 is 0 Å². The van der Waals surface area contributed by atoms with E-state index in [1.54, 1.807) is 11.3 Å². The molecule has 0 aliphatic heterocycles. The van der Waals surface area contributed by atoms with E-state index in [-0.39, 0.29) is 5.56 Å². The molecular formula is C17H15BrN3O2S+. The number of thiophene rings is 1. The Morgan fingerprint density at radius 1 is 1.25 bits per heavy atom. The van der Waals surface area contributed by atoms with Crippen molar-refractivity contribution in [2.75, 3.05) is 7.05 Å². The third-order valence-electron chi connectivity index (χ3n) is 3.85. The molecule has 0 spiro atoms. The molecule has 7 heteroatoms.